The standard InChI is InChI=1S/C16H13NO4S/c17-9-13(7-12-1-2-14(18)15(19)8-12)16(20)21-5-3-11-4-6-22-10-11/h1-2,4,6-8,10,18-19H,3,5H2. The van der Waals surface area contributed by atoms with Gasteiger partial charge >= 0.3 is 5.97 Å². The van der Waals surface area contributed by atoms with Crippen LogP contribution in [0.1, 0.15) is 11.1 Å². The molecule has 2 aromatic rings. The minimum Gasteiger partial charge on any atom is -0.504 e. The fourth-order valence-corrected chi connectivity index (χ4v) is 2.41. The molecule has 1 aromatic heterocycles. The Hall–Kier alpha value is -2.78. The van der Waals surface area contributed by atoms with E-state index in [-0.39, 0.29) is 23.7 Å². The van der Waals surface area contributed by atoms with Gasteiger partial charge < -0.3 is 14.9 Å². The van der Waals surface area contributed by atoms with Crippen molar-refractivity contribution in [2.45, 2.75) is 6.42 Å². The van der Waals surface area contributed by atoms with Crippen molar-refractivity contribution >= 4 is 23.4 Å². The van der Waals surface area contributed by atoms with Crippen LogP contribution in [0.25, 0.3) is 6.08 Å². The molecular formula is C16H13NO4S. The average Bonchev–Trinajstić information content (AvgIpc) is 3.01. The topological polar surface area (TPSA) is 90.5 Å². The molecule has 22 heavy (non-hydrogen) atoms. The van der Waals surface area contributed by atoms with Crippen molar-refractivity contribution in [3.63, 3.8) is 0 Å². The quantitative estimate of drug-likeness (QED) is 0.383. The molecule has 1 heterocycles. The molecular weight excluding hydrogens is 302 g/mol. The number of phenols is 2. The molecule has 0 aliphatic heterocycles. The fraction of sp³-hybridized carbons (Fsp3) is 0.125. The summed E-state index contributed by atoms with van der Waals surface area (Å²) in [5, 5.41) is 31.6. The molecule has 112 valence electrons. The van der Waals surface area contributed by atoms with E-state index < -0.39 is 5.97 Å². The first-order valence-corrected chi connectivity index (χ1v) is 7.36. The van der Waals surface area contributed by atoms with E-state index in [0.717, 1.165) is 5.56 Å². The third kappa shape index (κ3) is 4.11. The molecule has 0 aliphatic rings. The van der Waals surface area contributed by atoms with Gasteiger partial charge in [-0.15, -0.1) is 0 Å². The van der Waals surface area contributed by atoms with Crippen LogP contribution in [0.4, 0.5) is 0 Å². The van der Waals surface area contributed by atoms with Gasteiger partial charge in [0.15, 0.2) is 11.5 Å². The first kappa shape index (κ1) is 15.6. The van der Waals surface area contributed by atoms with Crippen LogP contribution in [0.15, 0.2) is 40.6 Å². The summed E-state index contributed by atoms with van der Waals surface area (Å²) in [6.45, 7) is 0.190. The van der Waals surface area contributed by atoms with Gasteiger partial charge in [-0.1, -0.05) is 6.07 Å². The van der Waals surface area contributed by atoms with Gasteiger partial charge in [0, 0.05) is 6.42 Å². The first-order chi connectivity index (χ1) is 10.6. The summed E-state index contributed by atoms with van der Waals surface area (Å²) in [6, 6.07) is 7.72. The summed E-state index contributed by atoms with van der Waals surface area (Å²) in [7, 11) is 0. The van der Waals surface area contributed by atoms with Crippen LogP contribution in [-0.4, -0.2) is 22.8 Å². The molecule has 5 nitrogen and oxygen atoms in total. The highest BCUT2D eigenvalue weighted by Gasteiger charge is 2.11. The molecule has 6 heteroatoms. The van der Waals surface area contributed by atoms with E-state index in [1.807, 2.05) is 16.8 Å². The Kier molecular flexibility index (Phi) is 5.17. The number of hydrogen-bond donors (Lipinski definition) is 2. The zero-order valence-corrected chi connectivity index (χ0v) is 12.3. The van der Waals surface area contributed by atoms with Crippen LogP contribution in [0, 0.1) is 11.3 Å². The second kappa shape index (κ2) is 7.29. The summed E-state index contributed by atoms with van der Waals surface area (Å²) in [4.78, 5) is 11.8. The fourth-order valence-electron chi connectivity index (χ4n) is 1.71. The van der Waals surface area contributed by atoms with E-state index in [0.29, 0.717) is 12.0 Å². The summed E-state index contributed by atoms with van der Waals surface area (Å²) in [6.07, 6.45) is 1.89. The number of nitrogens with zero attached hydrogens (tertiary/aromatic N) is 1. The number of carbonyl (C=O) groups excluding carboxylic acids is 1. The maximum atomic E-state index is 11.8. The number of aromatic hydroxyl groups is 2. The highest BCUT2D eigenvalue weighted by molar-refractivity contribution is 7.07. The molecule has 1 aromatic carbocycles. The van der Waals surface area contributed by atoms with Gasteiger partial charge in [0.05, 0.1) is 6.61 Å². The Labute approximate surface area is 131 Å². The Morgan fingerprint density at radius 3 is 2.77 bits per heavy atom. The number of phenolic OH excluding ortho intramolecular Hbond substituents is 2. The van der Waals surface area contributed by atoms with Gasteiger partial charge in [-0.25, -0.2) is 4.79 Å². The van der Waals surface area contributed by atoms with E-state index in [4.69, 9.17) is 10.00 Å². The number of ether oxygens (including phenoxy) is 1. The molecule has 0 fully saturated rings. The number of esters is 1. The number of hydrogen-bond acceptors (Lipinski definition) is 6. The monoisotopic (exact) mass is 315 g/mol. The lowest BCUT2D eigenvalue weighted by Gasteiger charge is -2.03. The minimum absolute atomic E-state index is 0.171. The van der Waals surface area contributed by atoms with Crippen LogP contribution in [-0.2, 0) is 16.0 Å². The van der Waals surface area contributed by atoms with Crippen molar-refractivity contribution in [2.75, 3.05) is 6.61 Å². The lowest BCUT2D eigenvalue weighted by atomic mass is 10.1. The van der Waals surface area contributed by atoms with Crippen molar-refractivity contribution in [2.24, 2.45) is 0 Å². The van der Waals surface area contributed by atoms with Gasteiger partial charge in [-0.3, -0.25) is 0 Å². The zero-order chi connectivity index (χ0) is 15.9. The molecule has 2 N–H and O–H groups in total. The van der Waals surface area contributed by atoms with Crippen molar-refractivity contribution in [1.82, 2.24) is 0 Å². The van der Waals surface area contributed by atoms with Crippen molar-refractivity contribution in [3.05, 3.63) is 51.7 Å². The first-order valence-electron chi connectivity index (χ1n) is 6.42. The SMILES string of the molecule is N#CC(=Cc1ccc(O)c(O)c1)C(=O)OCCc1ccsc1. The molecule has 0 aliphatic carbocycles. The summed E-state index contributed by atoms with van der Waals surface area (Å²) in [5.41, 5.74) is 1.32. The van der Waals surface area contributed by atoms with E-state index in [1.54, 1.807) is 17.4 Å². The van der Waals surface area contributed by atoms with Gasteiger partial charge in [-0.05, 0) is 46.2 Å². The van der Waals surface area contributed by atoms with Gasteiger partial charge in [-0.2, -0.15) is 16.6 Å². The third-order valence-corrected chi connectivity index (χ3v) is 3.59. The second-order valence-corrected chi connectivity index (χ2v) is 5.22. The normalized spacial score (nSPS) is 11.0. The van der Waals surface area contributed by atoms with Gasteiger partial charge in [0.2, 0.25) is 0 Å². The maximum absolute atomic E-state index is 11.8. The van der Waals surface area contributed by atoms with E-state index >= 15 is 0 Å². The van der Waals surface area contributed by atoms with Crippen molar-refractivity contribution < 1.29 is 19.7 Å². The number of benzene rings is 1. The third-order valence-electron chi connectivity index (χ3n) is 2.85. The van der Waals surface area contributed by atoms with E-state index in [9.17, 15) is 15.0 Å². The molecule has 0 unspecified atom stereocenters. The largest absolute Gasteiger partial charge is 0.504 e. The highest BCUT2D eigenvalue weighted by Crippen LogP contribution is 2.26. The number of carbonyl (C=O) groups is 1. The lowest BCUT2D eigenvalue weighted by Crippen LogP contribution is -2.09. The summed E-state index contributed by atoms with van der Waals surface area (Å²) in [5.74, 6) is -1.31. The second-order valence-electron chi connectivity index (χ2n) is 4.44. The van der Waals surface area contributed by atoms with Crippen LogP contribution in [0.5, 0.6) is 11.5 Å². The number of thiophene rings is 1. The Balaban J connectivity index is 2.00. The molecule has 0 saturated carbocycles. The predicted octanol–water partition coefficient (Wildman–Crippen LogP) is 2.85. The highest BCUT2D eigenvalue weighted by atomic mass is 32.1. The molecule has 0 atom stereocenters. The Morgan fingerprint density at radius 2 is 2.14 bits per heavy atom. The maximum Gasteiger partial charge on any atom is 0.348 e. The average molecular weight is 315 g/mol. The molecule has 0 spiro atoms. The Morgan fingerprint density at radius 1 is 1.32 bits per heavy atom. The molecule has 0 bridgehead atoms. The lowest BCUT2D eigenvalue weighted by molar-refractivity contribution is -0.138. The van der Waals surface area contributed by atoms with Crippen LogP contribution in [0.2, 0.25) is 0 Å². The molecule has 0 saturated heterocycles. The van der Waals surface area contributed by atoms with Gasteiger partial charge in [0.1, 0.15) is 11.6 Å². The van der Waals surface area contributed by atoms with Gasteiger partial charge in [0.25, 0.3) is 0 Å². The number of rotatable bonds is 5. The summed E-state index contributed by atoms with van der Waals surface area (Å²) < 4.78 is 5.06. The molecule has 2 rings (SSSR count). The Bertz CT molecular complexity index is 729. The summed E-state index contributed by atoms with van der Waals surface area (Å²) >= 11 is 1.57. The number of nitriles is 1. The smallest absolute Gasteiger partial charge is 0.348 e. The zero-order valence-electron chi connectivity index (χ0n) is 11.5. The van der Waals surface area contributed by atoms with Crippen LogP contribution in [0.3, 0.4) is 0 Å². The van der Waals surface area contributed by atoms with Crippen LogP contribution >= 0.6 is 11.3 Å². The molecule has 0 radical (unpaired) electrons. The van der Waals surface area contributed by atoms with E-state index in [2.05, 4.69) is 0 Å². The minimum atomic E-state index is -0.717. The molecule has 0 amide bonds. The van der Waals surface area contributed by atoms with Crippen molar-refractivity contribution in [1.29, 1.82) is 5.26 Å². The van der Waals surface area contributed by atoms with Crippen molar-refractivity contribution in [3.8, 4) is 17.6 Å². The predicted molar refractivity (Wildman–Crippen MR) is 82.3 cm³/mol. The van der Waals surface area contributed by atoms with Crippen LogP contribution < -0.4 is 0 Å². The van der Waals surface area contributed by atoms with E-state index in [1.165, 1.54) is 24.3 Å².